The molecule has 0 aliphatic carbocycles. The number of rotatable bonds is 9. The minimum atomic E-state index is -0.278. The highest BCUT2D eigenvalue weighted by Gasteiger charge is 2.10. The van der Waals surface area contributed by atoms with E-state index in [-0.39, 0.29) is 24.0 Å². The fourth-order valence-corrected chi connectivity index (χ4v) is 2.89. The number of carbonyl (C=O) groups excluding carboxylic acids is 2. The summed E-state index contributed by atoms with van der Waals surface area (Å²) in [4.78, 5) is 24.5. The highest BCUT2D eigenvalue weighted by Crippen LogP contribution is 2.29. The molecule has 0 bridgehead atoms. The zero-order chi connectivity index (χ0) is 22.9. The third kappa shape index (κ3) is 6.47. The van der Waals surface area contributed by atoms with Crippen LogP contribution in [0.15, 0.2) is 72.8 Å². The summed E-state index contributed by atoms with van der Waals surface area (Å²) in [5.74, 6) is 0.564. The van der Waals surface area contributed by atoms with E-state index < -0.39 is 0 Å². The molecule has 0 saturated carbocycles. The lowest BCUT2D eigenvalue weighted by Crippen LogP contribution is -2.20. The maximum absolute atomic E-state index is 12.3. The Morgan fingerprint density at radius 1 is 0.938 bits per heavy atom. The number of carbonyl (C=O) groups is 2. The number of nitrogens with one attached hydrogen (secondary N) is 1. The number of hydrogen-bond acceptors (Lipinski definition) is 5. The summed E-state index contributed by atoms with van der Waals surface area (Å²) in [6.07, 6.45) is 3.12. The van der Waals surface area contributed by atoms with E-state index in [4.69, 9.17) is 9.47 Å². The molecule has 6 nitrogen and oxygen atoms in total. The van der Waals surface area contributed by atoms with Gasteiger partial charge in [-0.25, -0.2) is 0 Å². The second-order valence-corrected chi connectivity index (χ2v) is 7.09. The number of anilines is 1. The Balaban J connectivity index is 1.64. The van der Waals surface area contributed by atoms with Gasteiger partial charge in [0.1, 0.15) is 5.75 Å². The van der Waals surface area contributed by atoms with Crippen molar-refractivity contribution < 1.29 is 24.2 Å². The van der Waals surface area contributed by atoms with Gasteiger partial charge in [0.2, 0.25) is 0 Å². The largest absolute Gasteiger partial charge is 0.508 e. The number of allylic oxidation sites excluding steroid dienone is 1. The monoisotopic (exact) mass is 431 g/mol. The quantitative estimate of drug-likeness (QED) is 0.367. The second kappa shape index (κ2) is 10.8. The zero-order valence-electron chi connectivity index (χ0n) is 18.0. The van der Waals surface area contributed by atoms with Gasteiger partial charge in [-0.05, 0) is 74.0 Å². The molecule has 6 heteroatoms. The van der Waals surface area contributed by atoms with Crippen LogP contribution in [0.25, 0.3) is 6.08 Å². The Hall–Kier alpha value is -4.06. The van der Waals surface area contributed by atoms with Gasteiger partial charge in [-0.15, -0.1) is 0 Å². The normalized spacial score (nSPS) is 10.7. The van der Waals surface area contributed by atoms with Crippen molar-refractivity contribution in [3.8, 4) is 17.2 Å². The maximum atomic E-state index is 12.3. The van der Waals surface area contributed by atoms with Crippen molar-refractivity contribution in [2.75, 3.05) is 18.5 Å². The minimum Gasteiger partial charge on any atom is -0.508 e. The minimum absolute atomic E-state index is 0.107. The number of phenols is 1. The molecule has 0 spiro atoms. The Morgan fingerprint density at radius 3 is 2.34 bits per heavy atom. The predicted octanol–water partition coefficient (Wildman–Crippen LogP) is 5.01. The summed E-state index contributed by atoms with van der Waals surface area (Å²) in [7, 11) is 0. The van der Waals surface area contributed by atoms with Crippen LogP contribution in [0.4, 0.5) is 5.69 Å². The number of phenolic OH excluding ortho intramolecular Hbond substituents is 1. The lowest BCUT2D eigenvalue weighted by atomic mass is 10.1. The zero-order valence-corrected chi connectivity index (χ0v) is 18.0. The van der Waals surface area contributed by atoms with Crippen molar-refractivity contribution in [2.24, 2.45) is 0 Å². The van der Waals surface area contributed by atoms with Gasteiger partial charge in [-0.3, -0.25) is 9.59 Å². The van der Waals surface area contributed by atoms with E-state index in [0.29, 0.717) is 29.4 Å². The highest BCUT2D eigenvalue weighted by atomic mass is 16.5. The smallest absolute Gasteiger partial charge is 0.262 e. The fraction of sp³-hybridized carbons (Fsp3) is 0.154. The van der Waals surface area contributed by atoms with Gasteiger partial charge in [0, 0.05) is 11.3 Å². The third-order valence-corrected chi connectivity index (χ3v) is 4.54. The summed E-state index contributed by atoms with van der Waals surface area (Å²) in [5, 5.41) is 12.1. The molecule has 0 aromatic heterocycles. The highest BCUT2D eigenvalue weighted by molar-refractivity contribution is 6.06. The molecule has 0 atom stereocenters. The fourth-order valence-electron chi connectivity index (χ4n) is 2.89. The number of aryl methyl sites for hydroxylation is 1. The summed E-state index contributed by atoms with van der Waals surface area (Å²) in [5.41, 5.74) is 3.04. The van der Waals surface area contributed by atoms with Crippen molar-refractivity contribution in [2.45, 2.75) is 13.8 Å². The second-order valence-electron chi connectivity index (χ2n) is 7.09. The summed E-state index contributed by atoms with van der Waals surface area (Å²) in [6, 6.07) is 18.8. The van der Waals surface area contributed by atoms with Gasteiger partial charge < -0.3 is 19.9 Å². The average molecular weight is 431 g/mol. The number of hydrogen-bond donors (Lipinski definition) is 2. The van der Waals surface area contributed by atoms with Crippen molar-refractivity contribution in [3.63, 3.8) is 0 Å². The van der Waals surface area contributed by atoms with Crippen molar-refractivity contribution in [1.29, 1.82) is 0 Å². The first-order valence-corrected chi connectivity index (χ1v) is 10.2. The Kier molecular flexibility index (Phi) is 7.65. The number of ether oxygens (including phenoxy) is 2. The van der Waals surface area contributed by atoms with Gasteiger partial charge in [-0.1, -0.05) is 29.8 Å². The van der Waals surface area contributed by atoms with E-state index in [9.17, 15) is 14.7 Å². The summed E-state index contributed by atoms with van der Waals surface area (Å²) < 4.78 is 11.3. The molecule has 164 valence electrons. The molecule has 3 aromatic rings. The van der Waals surface area contributed by atoms with E-state index in [1.165, 1.54) is 18.2 Å². The van der Waals surface area contributed by atoms with Gasteiger partial charge in [-0.2, -0.15) is 0 Å². The summed E-state index contributed by atoms with van der Waals surface area (Å²) >= 11 is 0. The molecule has 3 rings (SSSR count). The van der Waals surface area contributed by atoms with Crippen LogP contribution in [-0.2, 0) is 4.79 Å². The molecular formula is C26H25NO5. The van der Waals surface area contributed by atoms with Crippen LogP contribution < -0.4 is 14.8 Å². The standard InChI is InChI=1S/C26H25NO5/c1-3-31-25-16-19(6-14-23(29)20-8-12-22(28)13-9-20)7-15-24(25)32-17-26(30)27-21-10-4-18(2)5-11-21/h4-16,28H,3,17H2,1-2H3,(H,27,30)/b14-6+. The number of aromatic hydroxyl groups is 1. The lowest BCUT2D eigenvalue weighted by molar-refractivity contribution is -0.118. The predicted molar refractivity (Wildman–Crippen MR) is 124 cm³/mol. The first-order valence-electron chi connectivity index (χ1n) is 10.2. The van der Waals surface area contributed by atoms with Gasteiger partial charge in [0.15, 0.2) is 23.9 Å². The van der Waals surface area contributed by atoms with E-state index in [0.717, 1.165) is 11.1 Å². The van der Waals surface area contributed by atoms with Crippen LogP contribution in [0.5, 0.6) is 17.2 Å². The molecule has 0 aliphatic heterocycles. The molecule has 0 heterocycles. The first-order chi connectivity index (χ1) is 15.4. The SMILES string of the molecule is CCOc1cc(/C=C/C(=O)c2ccc(O)cc2)ccc1OCC(=O)Nc1ccc(C)cc1. The van der Waals surface area contributed by atoms with Crippen LogP contribution in [0, 0.1) is 6.92 Å². The van der Waals surface area contributed by atoms with E-state index in [1.807, 2.05) is 38.1 Å². The molecule has 2 N–H and O–H groups in total. The lowest BCUT2D eigenvalue weighted by Gasteiger charge is -2.13. The van der Waals surface area contributed by atoms with Crippen LogP contribution in [0.1, 0.15) is 28.4 Å². The van der Waals surface area contributed by atoms with Crippen LogP contribution in [0.3, 0.4) is 0 Å². The molecule has 0 saturated heterocycles. The Labute approximate surface area is 187 Å². The van der Waals surface area contributed by atoms with Crippen LogP contribution >= 0.6 is 0 Å². The van der Waals surface area contributed by atoms with Gasteiger partial charge in [0.25, 0.3) is 5.91 Å². The molecule has 0 aliphatic rings. The topological polar surface area (TPSA) is 84.9 Å². The maximum Gasteiger partial charge on any atom is 0.262 e. The molecule has 0 fully saturated rings. The van der Waals surface area contributed by atoms with E-state index in [1.54, 1.807) is 36.4 Å². The molecule has 0 unspecified atom stereocenters. The average Bonchev–Trinajstić information content (AvgIpc) is 2.79. The first kappa shape index (κ1) is 22.6. The number of benzene rings is 3. The van der Waals surface area contributed by atoms with Gasteiger partial charge >= 0.3 is 0 Å². The molecule has 1 amide bonds. The third-order valence-electron chi connectivity index (χ3n) is 4.54. The molecule has 3 aromatic carbocycles. The van der Waals surface area contributed by atoms with Gasteiger partial charge in [0.05, 0.1) is 6.61 Å². The summed E-state index contributed by atoms with van der Waals surface area (Å²) in [6.45, 7) is 4.09. The molecular weight excluding hydrogens is 406 g/mol. The van der Waals surface area contributed by atoms with Crippen molar-refractivity contribution in [3.05, 3.63) is 89.5 Å². The Bertz CT molecular complexity index is 1100. The van der Waals surface area contributed by atoms with E-state index in [2.05, 4.69) is 5.32 Å². The van der Waals surface area contributed by atoms with Crippen molar-refractivity contribution >= 4 is 23.5 Å². The number of ketones is 1. The Morgan fingerprint density at radius 2 is 1.66 bits per heavy atom. The van der Waals surface area contributed by atoms with E-state index >= 15 is 0 Å². The van der Waals surface area contributed by atoms with Crippen molar-refractivity contribution in [1.82, 2.24) is 0 Å². The number of amides is 1. The van der Waals surface area contributed by atoms with Crippen LogP contribution in [-0.4, -0.2) is 30.0 Å². The van der Waals surface area contributed by atoms with Crippen LogP contribution in [0.2, 0.25) is 0 Å². The molecule has 0 radical (unpaired) electrons. The molecule has 32 heavy (non-hydrogen) atoms.